The molecule has 1 N–H and O–H groups in total. The van der Waals surface area contributed by atoms with Gasteiger partial charge in [-0.05, 0) is 57.1 Å². The number of morpholine rings is 1. The van der Waals surface area contributed by atoms with E-state index in [-0.39, 0.29) is 30.4 Å². The van der Waals surface area contributed by atoms with Gasteiger partial charge in [0.25, 0.3) is 0 Å². The summed E-state index contributed by atoms with van der Waals surface area (Å²) in [5.74, 6) is 0. The number of aliphatic hydroxyl groups is 1. The van der Waals surface area contributed by atoms with Crippen molar-refractivity contribution in [3.05, 3.63) is 65.7 Å². The van der Waals surface area contributed by atoms with Gasteiger partial charge in [-0.3, -0.25) is 4.90 Å². The van der Waals surface area contributed by atoms with Crippen LogP contribution in [0.4, 0.5) is 0 Å². The first kappa shape index (κ1) is 23.1. The van der Waals surface area contributed by atoms with Gasteiger partial charge in [-0.15, -0.1) is 0 Å². The lowest BCUT2D eigenvalue weighted by Crippen LogP contribution is -2.61. The van der Waals surface area contributed by atoms with Crippen LogP contribution in [-0.2, 0) is 27.0 Å². The second kappa shape index (κ2) is 8.51. The zero-order chi connectivity index (χ0) is 23.3. The Kier molecular flexibility index (Phi) is 5.95. The number of rotatable bonds is 5. The van der Waals surface area contributed by atoms with Crippen molar-refractivity contribution in [3.63, 3.8) is 0 Å². The van der Waals surface area contributed by atoms with E-state index in [1.54, 1.807) is 0 Å². The van der Waals surface area contributed by atoms with Crippen molar-refractivity contribution in [2.75, 3.05) is 13.2 Å². The van der Waals surface area contributed by atoms with Crippen molar-refractivity contribution in [2.45, 2.75) is 82.4 Å². The van der Waals surface area contributed by atoms with Gasteiger partial charge in [0, 0.05) is 25.0 Å². The van der Waals surface area contributed by atoms with Gasteiger partial charge >= 0.3 is 7.12 Å². The molecule has 3 heterocycles. The molecule has 2 atom stereocenters. The summed E-state index contributed by atoms with van der Waals surface area (Å²) in [4.78, 5) is 2.54. The largest absolute Gasteiger partial charge is 0.494 e. The molecule has 6 heteroatoms. The number of piperidine rings is 1. The molecule has 0 saturated carbocycles. The van der Waals surface area contributed by atoms with Crippen LogP contribution in [0.1, 0.15) is 51.7 Å². The molecule has 33 heavy (non-hydrogen) atoms. The quantitative estimate of drug-likeness (QED) is 0.710. The van der Waals surface area contributed by atoms with Crippen LogP contribution in [0, 0.1) is 0 Å². The average molecular weight is 449 g/mol. The molecule has 2 bridgehead atoms. The van der Waals surface area contributed by atoms with Crippen LogP contribution in [0.15, 0.2) is 54.6 Å². The van der Waals surface area contributed by atoms with Crippen LogP contribution in [0.5, 0.6) is 0 Å². The lowest BCUT2D eigenvalue weighted by atomic mass is 9.75. The molecule has 2 unspecified atom stereocenters. The van der Waals surface area contributed by atoms with Gasteiger partial charge in [0.1, 0.15) is 0 Å². The van der Waals surface area contributed by atoms with Crippen LogP contribution >= 0.6 is 0 Å². The first-order valence-corrected chi connectivity index (χ1v) is 12.2. The third kappa shape index (κ3) is 4.64. The number of hydrogen-bond donors (Lipinski definition) is 1. The maximum absolute atomic E-state index is 11.7. The van der Waals surface area contributed by atoms with Crippen LogP contribution in [0.2, 0.25) is 0 Å². The number of fused-ring (bicyclic) bond motifs is 2. The summed E-state index contributed by atoms with van der Waals surface area (Å²) >= 11 is 0. The minimum Gasteiger partial charge on any atom is -0.399 e. The highest BCUT2D eigenvalue weighted by Crippen LogP contribution is 2.38. The second-order valence-corrected chi connectivity index (χ2v) is 11.1. The van der Waals surface area contributed by atoms with Gasteiger partial charge in [0.05, 0.1) is 30.0 Å². The molecule has 3 saturated heterocycles. The van der Waals surface area contributed by atoms with E-state index in [2.05, 4.69) is 81.1 Å². The van der Waals surface area contributed by atoms with E-state index in [1.807, 2.05) is 6.07 Å². The minimum atomic E-state index is -0.735. The van der Waals surface area contributed by atoms with Gasteiger partial charge in [0.15, 0.2) is 0 Å². The molecule has 0 aliphatic carbocycles. The fraction of sp³-hybridized carbons (Fsp3) is 0.556. The fourth-order valence-corrected chi connectivity index (χ4v) is 5.55. The first-order chi connectivity index (χ1) is 15.6. The summed E-state index contributed by atoms with van der Waals surface area (Å²) in [6.45, 7) is 10.6. The standard InChI is InChI=1S/C27H36BNO4/c1-25(2)26(3,4)33-28(32-25)22-12-8-11-21(13-22)14-27(30)15-23-18-31-19-24(16-27)29(23)17-20-9-6-5-7-10-20/h5-13,23-24,30H,14-19H2,1-4H3. The Hall–Kier alpha value is -1.70. The fourth-order valence-electron chi connectivity index (χ4n) is 5.55. The van der Waals surface area contributed by atoms with E-state index in [0.717, 1.165) is 30.4 Å². The summed E-state index contributed by atoms with van der Waals surface area (Å²) in [7, 11) is -0.384. The molecule has 3 fully saturated rings. The third-order valence-corrected chi connectivity index (χ3v) is 8.01. The van der Waals surface area contributed by atoms with E-state index < -0.39 is 5.60 Å². The van der Waals surface area contributed by atoms with Crippen molar-refractivity contribution in [1.29, 1.82) is 0 Å². The molecule has 5 rings (SSSR count). The highest BCUT2D eigenvalue weighted by molar-refractivity contribution is 6.62. The molecule has 0 aromatic heterocycles. The lowest BCUT2D eigenvalue weighted by Gasteiger charge is -2.52. The zero-order valence-electron chi connectivity index (χ0n) is 20.3. The predicted octanol–water partition coefficient (Wildman–Crippen LogP) is 3.32. The molecule has 3 aliphatic rings. The van der Waals surface area contributed by atoms with Gasteiger partial charge in [0.2, 0.25) is 0 Å². The van der Waals surface area contributed by atoms with Gasteiger partial charge in [-0.2, -0.15) is 0 Å². The number of hydrogen-bond acceptors (Lipinski definition) is 5. The normalized spacial score (nSPS) is 31.0. The lowest BCUT2D eigenvalue weighted by molar-refractivity contribution is -0.145. The van der Waals surface area contributed by atoms with E-state index in [0.29, 0.717) is 19.6 Å². The van der Waals surface area contributed by atoms with Crippen LogP contribution in [-0.4, -0.2) is 59.2 Å². The van der Waals surface area contributed by atoms with Crippen molar-refractivity contribution in [3.8, 4) is 0 Å². The SMILES string of the molecule is CC1(C)OB(c2cccc(CC3(O)CC4COCC(C3)N4Cc3ccccc3)c2)OC1(C)C. The zero-order valence-corrected chi connectivity index (χ0v) is 20.3. The predicted molar refractivity (Wildman–Crippen MR) is 130 cm³/mol. The Morgan fingerprint density at radius 1 is 0.879 bits per heavy atom. The summed E-state index contributed by atoms with van der Waals surface area (Å²) in [5.41, 5.74) is 1.99. The van der Waals surface area contributed by atoms with Crippen molar-refractivity contribution >= 4 is 12.6 Å². The topological polar surface area (TPSA) is 51.2 Å². The van der Waals surface area contributed by atoms with Crippen LogP contribution in [0.3, 0.4) is 0 Å². The molecule has 0 spiro atoms. The first-order valence-electron chi connectivity index (χ1n) is 12.2. The Morgan fingerprint density at radius 3 is 2.12 bits per heavy atom. The molecule has 176 valence electrons. The van der Waals surface area contributed by atoms with E-state index in [4.69, 9.17) is 14.0 Å². The summed E-state index contributed by atoms with van der Waals surface area (Å²) in [6.07, 6.45) is 2.07. The second-order valence-electron chi connectivity index (χ2n) is 11.1. The van der Waals surface area contributed by atoms with Gasteiger partial charge in [-0.1, -0.05) is 54.6 Å². The maximum Gasteiger partial charge on any atom is 0.494 e. The van der Waals surface area contributed by atoms with E-state index >= 15 is 0 Å². The molecule has 0 radical (unpaired) electrons. The molecular formula is C27H36BNO4. The third-order valence-electron chi connectivity index (χ3n) is 8.01. The maximum atomic E-state index is 11.7. The Balaban J connectivity index is 1.30. The smallest absolute Gasteiger partial charge is 0.399 e. The molecule has 5 nitrogen and oxygen atoms in total. The van der Waals surface area contributed by atoms with Crippen molar-refractivity contribution < 1.29 is 19.2 Å². The monoisotopic (exact) mass is 449 g/mol. The Bertz CT molecular complexity index is 949. The highest BCUT2D eigenvalue weighted by atomic mass is 16.7. The van der Waals surface area contributed by atoms with Gasteiger partial charge in [-0.25, -0.2) is 0 Å². The van der Waals surface area contributed by atoms with E-state index in [9.17, 15) is 5.11 Å². The molecule has 3 aliphatic heterocycles. The van der Waals surface area contributed by atoms with Crippen molar-refractivity contribution in [2.24, 2.45) is 0 Å². The summed E-state index contributed by atoms with van der Waals surface area (Å²) < 4.78 is 18.4. The minimum absolute atomic E-state index is 0.231. The average Bonchev–Trinajstić information content (AvgIpc) is 2.97. The highest BCUT2D eigenvalue weighted by Gasteiger charge is 2.52. The Labute approximate surface area is 198 Å². The summed E-state index contributed by atoms with van der Waals surface area (Å²) in [6, 6.07) is 19.4. The van der Waals surface area contributed by atoms with Crippen LogP contribution < -0.4 is 5.46 Å². The molecule has 0 amide bonds. The number of ether oxygens (including phenoxy) is 1. The van der Waals surface area contributed by atoms with Crippen molar-refractivity contribution in [1.82, 2.24) is 4.90 Å². The van der Waals surface area contributed by atoms with Crippen LogP contribution in [0.25, 0.3) is 0 Å². The molecule has 2 aromatic rings. The number of nitrogens with zero attached hydrogens (tertiary/aromatic N) is 1. The van der Waals surface area contributed by atoms with Gasteiger partial charge < -0.3 is 19.2 Å². The summed E-state index contributed by atoms with van der Waals surface area (Å²) in [5, 5.41) is 11.7. The molecular weight excluding hydrogens is 413 g/mol. The molecule has 2 aromatic carbocycles. The number of benzene rings is 2. The Morgan fingerprint density at radius 2 is 1.48 bits per heavy atom. The van der Waals surface area contributed by atoms with E-state index in [1.165, 1.54) is 5.56 Å².